The van der Waals surface area contributed by atoms with Gasteiger partial charge in [-0.05, 0) is 60.9 Å². The van der Waals surface area contributed by atoms with E-state index >= 15 is 0 Å². The van der Waals surface area contributed by atoms with Crippen LogP contribution in [0.3, 0.4) is 0 Å². The van der Waals surface area contributed by atoms with Crippen molar-refractivity contribution in [3.05, 3.63) is 63.5 Å². The Hall–Kier alpha value is -2.13. The van der Waals surface area contributed by atoms with Crippen LogP contribution in [0.2, 0.25) is 0 Å². The Balaban J connectivity index is 2.00. The van der Waals surface area contributed by atoms with Crippen LogP contribution in [-0.4, -0.2) is 4.98 Å². The molecule has 3 aromatic rings. The summed E-state index contributed by atoms with van der Waals surface area (Å²) >= 11 is 1.73. The molecule has 0 fully saturated rings. The number of anilines is 2. The number of thiazole rings is 1. The zero-order valence-corrected chi connectivity index (χ0v) is 18.3. The van der Waals surface area contributed by atoms with Crippen molar-refractivity contribution >= 4 is 22.2 Å². The minimum Gasteiger partial charge on any atom is -0.331 e. The first-order chi connectivity index (χ1) is 12.8. The number of hydrogen-bond donors (Lipinski definition) is 1. The van der Waals surface area contributed by atoms with E-state index in [2.05, 4.69) is 90.2 Å². The van der Waals surface area contributed by atoms with E-state index in [0.717, 1.165) is 16.5 Å². The van der Waals surface area contributed by atoms with Crippen molar-refractivity contribution in [3.63, 3.8) is 0 Å². The summed E-state index contributed by atoms with van der Waals surface area (Å²) in [6.07, 6.45) is 0. The van der Waals surface area contributed by atoms with Gasteiger partial charge < -0.3 is 5.32 Å². The number of benzene rings is 2. The van der Waals surface area contributed by atoms with Gasteiger partial charge in [0.05, 0.1) is 5.69 Å². The van der Waals surface area contributed by atoms with Crippen LogP contribution >= 0.6 is 11.3 Å². The molecule has 0 amide bonds. The summed E-state index contributed by atoms with van der Waals surface area (Å²) in [7, 11) is 0. The third-order valence-electron chi connectivity index (χ3n) is 5.05. The van der Waals surface area contributed by atoms with Gasteiger partial charge in [-0.2, -0.15) is 0 Å². The Morgan fingerprint density at radius 1 is 0.889 bits per heavy atom. The molecule has 0 bridgehead atoms. The molecular weight excluding hydrogens is 348 g/mol. The zero-order chi connectivity index (χ0) is 19.7. The van der Waals surface area contributed by atoms with E-state index in [1.54, 1.807) is 11.3 Å². The molecule has 1 aromatic heterocycles. The van der Waals surface area contributed by atoms with Crippen LogP contribution in [0.4, 0.5) is 10.8 Å². The van der Waals surface area contributed by atoms with Crippen molar-refractivity contribution in [1.82, 2.24) is 4.98 Å². The molecule has 1 N–H and O–H groups in total. The highest BCUT2D eigenvalue weighted by atomic mass is 32.1. The molecule has 27 heavy (non-hydrogen) atoms. The summed E-state index contributed by atoms with van der Waals surface area (Å²) in [5, 5.41) is 4.49. The molecule has 0 aliphatic heterocycles. The number of aryl methyl sites for hydroxylation is 3. The molecule has 0 unspecified atom stereocenters. The molecule has 0 atom stereocenters. The Morgan fingerprint density at radius 3 is 2.30 bits per heavy atom. The first kappa shape index (κ1) is 19.6. The summed E-state index contributed by atoms with van der Waals surface area (Å²) in [5.74, 6) is 1.00. The molecular formula is C24H30N2S. The van der Waals surface area contributed by atoms with Gasteiger partial charge in [0.1, 0.15) is 0 Å². The lowest BCUT2D eigenvalue weighted by Gasteiger charge is -2.16. The minimum atomic E-state index is 0.468. The predicted octanol–water partition coefficient (Wildman–Crippen LogP) is 7.73. The molecule has 0 aliphatic rings. The van der Waals surface area contributed by atoms with Gasteiger partial charge in [0.25, 0.3) is 0 Å². The maximum absolute atomic E-state index is 4.97. The number of aromatic nitrogens is 1. The van der Waals surface area contributed by atoms with Crippen LogP contribution < -0.4 is 5.32 Å². The summed E-state index contributed by atoms with van der Waals surface area (Å²) in [6, 6.07) is 13.4. The molecule has 0 spiro atoms. The summed E-state index contributed by atoms with van der Waals surface area (Å²) in [5.41, 5.74) is 8.76. The van der Waals surface area contributed by atoms with Crippen molar-refractivity contribution < 1.29 is 0 Å². The molecule has 1 heterocycles. The van der Waals surface area contributed by atoms with E-state index in [1.807, 2.05) is 0 Å². The van der Waals surface area contributed by atoms with Gasteiger partial charge in [0.15, 0.2) is 5.13 Å². The maximum Gasteiger partial charge on any atom is 0.187 e. The van der Waals surface area contributed by atoms with Gasteiger partial charge in [-0.15, -0.1) is 11.3 Å². The molecule has 142 valence electrons. The molecule has 3 heteroatoms. The van der Waals surface area contributed by atoms with E-state index in [4.69, 9.17) is 4.98 Å². The Labute approximate surface area is 167 Å². The lowest BCUT2D eigenvalue weighted by atomic mass is 9.90. The summed E-state index contributed by atoms with van der Waals surface area (Å²) in [6.45, 7) is 15.4. The number of nitrogens with zero attached hydrogens (tertiary/aromatic N) is 1. The fraction of sp³-hybridized carbons (Fsp3) is 0.375. The molecule has 0 radical (unpaired) electrons. The minimum absolute atomic E-state index is 0.468. The predicted molar refractivity (Wildman–Crippen MR) is 120 cm³/mol. The second-order valence-electron chi connectivity index (χ2n) is 8.02. The molecule has 0 saturated heterocycles. The lowest BCUT2D eigenvalue weighted by molar-refractivity contribution is 0.835. The molecule has 2 nitrogen and oxygen atoms in total. The van der Waals surface area contributed by atoms with E-state index in [-0.39, 0.29) is 0 Å². The van der Waals surface area contributed by atoms with Gasteiger partial charge in [-0.1, -0.05) is 58.0 Å². The Bertz CT molecular complexity index is 951. The highest BCUT2D eigenvalue weighted by Crippen LogP contribution is 2.37. The highest BCUT2D eigenvalue weighted by Gasteiger charge is 2.17. The molecule has 0 saturated carbocycles. The van der Waals surface area contributed by atoms with Gasteiger partial charge in [-0.3, -0.25) is 0 Å². The monoisotopic (exact) mass is 378 g/mol. The fourth-order valence-corrected chi connectivity index (χ4v) is 4.16. The third kappa shape index (κ3) is 4.24. The van der Waals surface area contributed by atoms with Crippen LogP contribution in [0.15, 0.2) is 36.4 Å². The van der Waals surface area contributed by atoms with Crippen LogP contribution in [0.1, 0.15) is 66.7 Å². The van der Waals surface area contributed by atoms with Crippen molar-refractivity contribution in [2.45, 2.75) is 60.3 Å². The second kappa shape index (κ2) is 7.85. The van der Waals surface area contributed by atoms with E-state index < -0.39 is 0 Å². The van der Waals surface area contributed by atoms with Gasteiger partial charge in [0.2, 0.25) is 0 Å². The zero-order valence-electron chi connectivity index (χ0n) is 17.5. The number of nitrogens with one attached hydrogen (secondary N) is 1. The Morgan fingerprint density at radius 2 is 1.63 bits per heavy atom. The average Bonchev–Trinajstić information content (AvgIpc) is 2.97. The lowest BCUT2D eigenvalue weighted by Crippen LogP contribution is -1.98. The third-order valence-corrected chi connectivity index (χ3v) is 5.94. The van der Waals surface area contributed by atoms with Crippen LogP contribution in [0.5, 0.6) is 0 Å². The van der Waals surface area contributed by atoms with Gasteiger partial charge in [0, 0.05) is 16.1 Å². The normalized spacial score (nSPS) is 11.4. The first-order valence-electron chi connectivity index (χ1n) is 9.72. The summed E-state index contributed by atoms with van der Waals surface area (Å²) in [4.78, 5) is 6.22. The quantitative estimate of drug-likeness (QED) is 0.491. The highest BCUT2D eigenvalue weighted by molar-refractivity contribution is 7.16. The van der Waals surface area contributed by atoms with Crippen molar-refractivity contribution in [2.75, 3.05) is 5.32 Å². The topological polar surface area (TPSA) is 24.9 Å². The van der Waals surface area contributed by atoms with Crippen molar-refractivity contribution in [1.29, 1.82) is 0 Å². The molecule has 3 rings (SSSR count). The second-order valence-corrected chi connectivity index (χ2v) is 9.23. The van der Waals surface area contributed by atoms with Crippen LogP contribution in [0.25, 0.3) is 11.3 Å². The van der Waals surface area contributed by atoms with Crippen LogP contribution in [0, 0.1) is 20.8 Å². The average molecular weight is 379 g/mol. The van der Waals surface area contributed by atoms with Gasteiger partial charge in [-0.25, -0.2) is 4.98 Å². The van der Waals surface area contributed by atoms with Gasteiger partial charge >= 0.3 is 0 Å². The summed E-state index contributed by atoms with van der Waals surface area (Å²) < 4.78 is 0. The SMILES string of the molecule is Cc1ccc(C)c(Nc2nc(-c3ccc(C(C)C)cc3C(C)C)c(C)s2)c1. The van der Waals surface area contributed by atoms with E-state index in [9.17, 15) is 0 Å². The molecule has 2 aromatic carbocycles. The first-order valence-corrected chi connectivity index (χ1v) is 10.5. The maximum atomic E-state index is 4.97. The fourth-order valence-electron chi connectivity index (χ4n) is 3.32. The Kier molecular flexibility index (Phi) is 5.71. The number of hydrogen-bond acceptors (Lipinski definition) is 3. The van der Waals surface area contributed by atoms with E-state index in [1.165, 1.54) is 32.7 Å². The van der Waals surface area contributed by atoms with Crippen molar-refractivity contribution in [2.24, 2.45) is 0 Å². The van der Waals surface area contributed by atoms with E-state index in [0.29, 0.717) is 11.8 Å². The largest absolute Gasteiger partial charge is 0.331 e. The number of rotatable bonds is 5. The standard InChI is InChI=1S/C24H30N2S/c1-14(2)19-10-11-20(21(13-19)15(3)4)23-18(7)27-24(26-23)25-22-12-16(5)8-9-17(22)6/h8-15H,1-7H3,(H,25,26). The molecule has 0 aliphatic carbocycles. The van der Waals surface area contributed by atoms with Crippen LogP contribution in [-0.2, 0) is 0 Å². The smallest absolute Gasteiger partial charge is 0.187 e. The van der Waals surface area contributed by atoms with Crippen molar-refractivity contribution in [3.8, 4) is 11.3 Å².